The maximum absolute atomic E-state index is 5.70. The van der Waals surface area contributed by atoms with E-state index in [0.29, 0.717) is 11.4 Å². The molecule has 0 saturated heterocycles. The molecular formula is C11H17N3. The van der Waals surface area contributed by atoms with E-state index < -0.39 is 0 Å². The molecular weight excluding hydrogens is 174 g/mol. The molecule has 2 rings (SSSR count). The fraction of sp³-hybridized carbons (Fsp3) is 0.455. The first kappa shape index (κ1) is 9.19. The SMILES string of the molecule is Nc1ccc(NCCC2CC2)cc1N. The lowest BCUT2D eigenvalue weighted by molar-refractivity contribution is 0.760. The fourth-order valence-electron chi connectivity index (χ4n) is 1.51. The fourth-order valence-corrected chi connectivity index (χ4v) is 1.51. The lowest BCUT2D eigenvalue weighted by atomic mass is 10.2. The third-order valence-electron chi connectivity index (χ3n) is 2.67. The normalized spacial score (nSPS) is 15.4. The van der Waals surface area contributed by atoms with Crippen LogP contribution in [0.15, 0.2) is 18.2 Å². The van der Waals surface area contributed by atoms with Crippen LogP contribution < -0.4 is 16.8 Å². The van der Waals surface area contributed by atoms with Gasteiger partial charge < -0.3 is 16.8 Å². The van der Waals surface area contributed by atoms with Crippen LogP contribution in [0.5, 0.6) is 0 Å². The van der Waals surface area contributed by atoms with Crippen molar-refractivity contribution in [2.24, 2.45) is 5.92 Å². The molecule has 0 aromatic heterocycles. The molecule has 0 aliphatic heterocycles. The van der Waals surface area contributed by atoms with Gasteiger partial charge in [0.05, 0.1) is 11.4 Å². The van der Waals surface area contributed by atoms with Gasteiger partial charge in [0.1, 0.15) is 0 Å². The Labute approximate surface area is 84.5 Å². The molecule has 5 N–H and O–H groups in total. The maximum Gasteiger partial charge on any atom is 0.0568 e. The standard InChI is InChI=1S/C11H17N3/c12-10-4-3-9(7-11(10)13)14-6-5-8-1-2-8/h3-4,7-8,14H,1-2,5-6,12-13H2. The number of nitrogens with two attached hydrogens (primary N) is 2. The predicted octanol–water partition coefficient (Wildman–Crippen LogP) is 2.06. The van der Waals surface area contributed by atoms with Crippen molar-refractivity contribution in [2.75, 3.05) is 23.3 Å². The zero-order valence-electron chi connectivity index (χ0n) is 8.29. The van der Waals surface area contributed by atoms with Gasteiger partial charge in [0.2, 0.25) is 0 Å². The Morgan fingerprint density at radius 3 is 2.64 bits per heavy atom. The minimum absolute atomic E-state index is 0.651. The van der Waals surface area contributed by atoms with Crippen molar-refractivity contribution in [3.8, 4) is 0 Å². The highest BCUT2D eigenvalue weighted by atomic mass is 14.9. The van der Waals surface area contributed by atoms with Gasteiger partial charge in [-0.1, -0.05) is 12.8 Å². The molecule has 1 aromatic carbocycles. The van der Waals surface area contributed by atoms with Gasteiger partial charge in [-0.15, -0.1) is 0 Å². The Morgan fingerprint density at radius 2 is 2.00 bits per heavy atom. The average molecular weight is 191 g/mol. The van der Waals surface area contributed by atoms with Gasteiger partial charge in [-0.3, -0.25) is 0 Å². The number of nitrogen functional groups attached to an aromatic ring is 2. The largest absolute Gasteiger partial charge is 0.397 e. The predicted molar refractivity (Wildman–Crippen MR) is 61.1 cm³/mol. The first-order chi connectivity index (χ1) is 6.75. The molecule has 1 aromatic rings. The summed E-state index contributed by atoms with van der Waals surface area (Å²) in [4.78, 5) is 0. The van der Waals surface area contributed by atoms with Crippen LogP contribution in [0.25, 0.3) is 0 Å². The molecule has 0 amide bonds. The molecule has 0 atom stereocenters. The van der Waals surface area contributed by atoms with Crippen LogP contribution in [0, 0.1) is 5.92 Å². The van der Waals surface area contributed by atoms with E-state index in [1.165, 1.54) is 19.3 Å². The lowest BCUT2D eigenvalue weighted by Gasteiger charge is -2.07. The smallest absolute Gasteiger partial charge is 0.0568 e. The zero-order valence-corrected chi connectivity index (χ0v) is 8.29. The van der Waals surface area contributed by atoms with Crippen LogP contribution in [0.2, 0.25) is 0 Å². The van der Waals surface area contributed by atoms with Crippen molar-refractivity contribution in [2.45, 2.75) is 19.3 Å². The molecule has 3 nitrogen and oxygen atoms in total. The highest BCUT2D eigenvalue weighted by molar-refractivity contribution is 5.69. The Bertz CT molecular complexity index is 318. The third kappa shape index (κ3) is 2.31. The Balaban J connectivity index is 1.85. The van der Waals surface area contributed by atoms with Crippen molar-refractivity contribution in [1.82, 2.24) is 0 Å². The van der Waals surface area contributed by atoms with Gasteiger partial charge in [-0.2, -0.15) is 0 Å². The van der Waals surface area contributed by atoms with Crippen LogP contribution in [0.1, 0.15) is 19.3 Å². The molecule has 1 aliphatic carbocycles. The summed E-state index contributed by atoms with van der Waals surface area (Å²) >= 11 is 0. The van der Waals surface area contributed by atoms with Gasteiger partial charge in [0.15, 0.2) is 0 Å². The number of hydrogen-bond acceptors (Lipinski definition) is 3. The van der Waals surface area contributed by atoms with E-state index in [0.717, 1.165) is 18.2 Å². The number of rotatable bonds is 4. The molecule has 0 spiro atoms. The molecule has 1 aliphatic rings. The van der Waals surface area contributed by atoms with Crippen LogP contribution >= 0.6 is 0 Å². The molecule has 3 heteroatoms. The van der Waals surface area contributed by atoms with Crippen molar-refractivity contribution in [3.63, 3.8) is 0 Å². The van der Waals surface area contributed by atoms with E-state index in [1.54, 1.807) is 0 Å². The van der Waals surface area contributed by atoms with Crippen molar-refractivity contribution in [1.29, 1.82) is 0 Å². The van der Waals surface area contributed by atoms with Crippen LogP contribution in [0.4, 0.5) is 17.1 Å². The van der Waals surface area contributed by atoms with Crippen LogP contribution in [0.3, 0.4) is 0 Å². The summed E-state index contributed by atoms with van der Waals surface area (Å²) in [5, 5.41) is 3.35. The molecule has 0 unspecified atom stereocenters. The summed E-state index contributed by atoms with van der Waals surface area (Å²) in [6.07, 6.45) is 4.08. The maximum atomic E-state index is 5.70. The summed E-state index contributed by atoms with van der Waals surface area (Å²) < 4.78 is 0. The molecule has 1 saturated carbocycles. The topological polar surface area (TPSA) is 64.1 Å². The highest BCUT2D eigenvalue weighted by Gasteiger charge is 2.19. The average Bonchev–Trinajstić information content (AvgIpc) is 2.95. The number of benzene rings is 1. The zero-order chi connectivity index (χ0) is 9.97. The van der Waals surface area contributed by atoms with Gasteiger partial charge in [-0.05, 0) is 30.5 Å². The Morgan fingerprint density at radius 1 is 1.21 bits per heavy atom. The highest BCUT2D eigenvalue weighted by Crippen LogP contribution is 2.32. The monoisotopic (exact) mass is 191 g/mol. The van der Waals surface area contributed by atoms with Crippen LogP contribution in [-0.4, -0.2) is 6.54 Å². The molecule has 0 heterocycles. The van der Waals surface area contributed by atoms with E-state index in [-0.39, 0.29) is 0 Å². The summed E-state index contributed by atoms with van der Waals surface area (Å²) in [6, 6.07) is 5.70. The quantitative estimate of drug-likeness (QED) is 0.638. The van der Waals surface area contributed by atoms with Gasteiger partial charge >= 0.3 is 0 Å². The van der Waals surface area contributed by atoms with Crippen molar-refractivity contribution >= 4 is 17.1 Å². The minimum Gasteiger partial charge on any atom is -0.397 e. The summed E-state index contributed by atoms with van der Waals surface area (Å²) in [6.45, 7) is 1.04. The molecule has 0 radical (unpaired) electrons. The first-order valence-electron chi connectivity index (χ1n) is 5.14. The number of nitrogens with one attached hydrogen (secondary N) is 1. The van der Waals surface area contributed by atoms with Crippen LogP contribution in [-0.2, 0) is 0 Å². The second-order valence-corrected chi connectivity index (χ2v) is 4.00. The van der Waals surface area contributed by atoms with Gasteiger partial charge in [0.25, 0.3) is 0 Å². The second kappa shape index (κ2) is 3.78. The Kier molecular flexibility index (Phi) is 2.48. The lowest BCUT2D eigenvalue weighted by Crippen LogP contribution is -2.03. The second-order valence-electron chi connectivity index (χ2n) is 4.00. The van der Waals surface area contributed by atoms with E-state index in [2.05, 4.69) is 5.32 Å². The molecule has 1 fully saturated rings. The molecule has 0 bridgehead atoms. The first-order valence-corrected chi connectivity index (χ1v) is 5.14. The van der Waals surface area contributed by atoms with Crippen molar-refractivity contribution in [3.05, 3.63) is 18.2 Å². The van der Waals surface area contributed by atoms with Crippen molar-refractivity contribution < 1.29 is 0 Å². The van der Waals surface area contributed by atoms with E-state index in [9.17, 15) is 0 Å². The van der Waals surface area contributed by atoms with E-state index >= 15 is 0 Å². The molecule has 14 heavy (non-hydrogen) atoms. The van der Waals surface area contributed by atoms with Gasteiger partial charge in [0, 0.05) is 12.2 Å². The summed E-state index contributed by atoms with van der Waals surface area (Å²) in [5.41, 5.74) is 13.7. The number of hydrogen-bond donors (Lipinski definition) is 3. The van der Waals surface area contributed by atoms with E-state index in [1.807, 2.05) is 18.2 Å². The summed E-state index contributed by atoms with van der Waals surface area (Å²) in [5.74, 6) is 0.966. The van der Waals surface area contributed by atoms with Gasteiger partial charge in [-0.25, -0.2) is 0 Å². The summed E-state index contributed by atoms with van der Waals surface area (Å²) in [7, 11) is 0. The number of anilines is 3. The van der Waals surface area contributed by atoms with E-state index in [4.69, 9.17) is 11.5 Å². The third-order valence-corrected chi connectivity index (χ3v) is 2.67. The Hall–Kier alpha value is -1.38. The minimum atomic E-state index is 0.651. The molecule has 76 valence electrons.